The van der Waals surface area contributed by atoms with Gasteiger partial charge in [0.2, 0.25) is 11.8 Å². The zero-order valence-electron chi connectivity index (χ0n) is 14.8. The fourth-order valence-corrected chi connectivity index (χ4v) is 4.07. The molecule has 0 atom stereocenters. The summed E-state index contributed by atoms with van der Waals surface area (Å²) in [7, 11) is 0. The summed E-state index contributed by atoms with van der Waals surface area (Å²) in [4.78, 5) is 27.4. The maximum atomic E-state index is 12.3. The van der Waals surface area contributed by atoms with E-state index in [-0.39, 0.29) is 17.7 Å². The van der Waals surface area contributed by atoms with Crippen LogP contribution in [0.5, 0.6) is 0 Å². The maximum Gasteiger partial charge on any atom is 0.223 e. The molecular formula is C19H27N3O3. The van der Waals surface area contributed by atoms with Crippen molar-refractivity contribution in [3.63, 3.8) is 0 Å². The number of aromatic nitrogens is 1. The van der Waals surface area contributed by atoms with Crippen molar-refractivity contribution in [1.82, 2.24) is 10.3 Å². The van der Waals surface area contributed by atoms with E-state index < -0.39 is 5.60 Å². The van der Waals surface area contributed by atoms with Crippen molar-refractivity contribution in [1.29, 1.82) is 0 Å². The first-order valence-electron chi connectivity index (χ1n) is 9.19. The minimum absolute atomic E-state index is 0.00595. The molecule has 136 valence electrons. The summed E-state index contributed by atoms with van der Waals surface area (Å²) in [5.74, 6) is 0.629. The molecule has 6 heteroatoms. The van der Waals surface area contributed by atoms with Gasteiger partial charge in [0.15, 0.2) is 0 Å². The lowest BCUT2D eigenvalue weighted by atomic mass is 9.61. The third kappa shape index (κ3) is 4.37. The number of hydrogen-bond donors (Lipinski definition) is 3. The van der Waals surface area contributed by atoms with Gasteiger partial charge in [0.25, 0.3) is 0 Å². The Kier molecular flexibility index (Phi) is 5.37. The smallest absolute Gasteiger partial charge is 0.223 e. The first-order chi connectivity index (χ1) is 12.0. The number of carbonyl (C=O) groups excluding carboxylic acids is 2. The van der Waals surface area contributed by atoms with Crippen molar-refractivity contribution >= 4 is 17.6 Å². The molecule has 2 aliphatic rings. The van der Waals surface area contributed by atoms with Gasteiger partial charge in [-0.05, 0) is 43.2 Å². The number of rotatable bonds is 5. The van der Waals surface area contributed by atoms with E-state index in [1.807, 2.05) is 6.07 Å². The SMILES string of the molecule is CC(=O)Nc1ccc(CNC(=O)C2CC(O)(C3CCCCC3)C2)cn1. The largest absolute Gasteiger partial charge is 0.390 e. The Balaban J connectivity index is 1.43. The molecule has 0 aliphatic heterocycles. The van der Waals surface area contributed by atoms with Crippen LogP contribution in [-0.2, 0) is 16.1 Å². The average Bonchev–Trinajstić information content (AvgIpc) is 2.58. The van der Waals surface area contributed by atoms with Gasteiger partial charge in [-0.2, -0.15) is 0 Å². The van der Waals surface area contributed by atoms with Gasteiger partial charge in [0.05, 0.1) is 5.60 Å². The summed E-state index contributed by atoms with van der Waals surface area (Å²) >= 11 is 0. The predicted octanol–water partition coefficient (Wildman–Crippen LogP) is 2.38. The molecule has 2 aliphatic carbocycles. The van der Waals surface area contributed by atoms with Crippen LogP contribution in [0.2, 0.25) is 0 Å². The Bertz CT molecular complexity index is 617. The summed E-state index contributed by atoms with van der Waals surface area (Å²) in [6, 6.07) is 3.55. The number of hydrogen-bond acceptors (Lipinski definition) is 4. The van der Waals surface area contributed by atoms with Crippen molar-refractivity contribution in [2.24, 2.45) is 11.8 Å². The highest BCUT2D eigenvalue weighted by Gasteiger charge is 2.50. The van der Waals surface area contributed by atoms with Crippen molar-refractivity contribution in [3.8, 4) is 0 Å². The minimum atomic E-state index is -0.621. The summed E-state index contributed by atoms with van der Waals surface area (Å²) < 4.78 is 0. The highest BCUT2D eigenvalue weighted by Crippen LogP contribution is 2.48. The molecule has 2 fully saturated rings. The Hall–Kier alpha value is -1.95. The van der Waals surface area contributed by atoms with E-state index in [9.17, 15) is 14.7 Å². The van der Waals surface area contributed by atoms with Gasteiger partial charge in [0, 0.05) is 25.6 Å². The monoisotopic (exact) mass is 345 g/mol. The molecule has 3 rings (SSSR count). The predicted molar refractivity (Wildman–Crippen MR) is 94.6 cm³/mol. The van der Waals surface area contributed by atoms with Crippen LogP contribution in [0.15, 0.2) is 18.3 Å². The van der Waals surface area contributed by atoms with Gasteiger partial charge >= 0.3 is 0 Å². The lowest BCUT2D eigenvalue weighted by Gasteiger charge is -2.49. The van der Waals surface area contributed by atoms with Crippen LogP contribution in [0.4, 0.5) is 5.82 Å². The Morgan fingerprint density at radius 1 is 1.24 bits per heavy atom. The third-order valence-corrected chi connectivity index (χ3v) is 5.53. The molecule has 0 aromatic carbocycles. The molecule has 25 heavy (non-hydrogen) atoms. The molecule has 2 amide bonds. The van der Waals surface area contributed by atoms with E-state index in [1.165, 1.54) is 26.2 Å². The fourth-order valence-electron chi connectivity index (χ4n) is 4.07. The van der Waals surface area contributed by atoms with E-state index in [0.29, 0.717) is 31.1 Å². The molecule has 0 unspecified atom stereocenters. The highest BCUT2D eigenvalue weighted by atomic mass is 16.3. The zero-order valence-corrected chi connectivity index (χ0v) is 14.8. The van der Waals surface area contributed by atoms with Crippen molar-refractivity contribution in [2.75, 3.05) is 5.32 Å². The molecule has 0 radical (unpaired) electrons. The Morgan fingerprint density at radius 3 is 2.56 bits per heavy atom. The van der Waals surface area contributed by atoms with Crippen LogP contribution in [0.25, 0.3) is 0 Å². The van der Waals surface area contributed by atoms with Crippen LogP contribution < -0.4 is 10.6 Å². The van der Waals surface area contributed by atoms with Crippen LogP contribution in [-0.4, -0.2) is 27.5 Å². The summed E-state index contributed by atoms with van der Waals surface area (Å²) in [5.41, 5.74) is 0.258. The van der Waals surface area contributed by atoms with E-state index >= 15 is 0 Å². The molecule has 0 saturated heterocycles. The molecule has 1 heterocycles. The third-order valence-electron chi connectivity index (χ3n) is 5.53. The van der Waals surface area contributed by atoms with Crippen LogP contribution in [0, 0.1) is 11.8 Å². The van der Waals surface area contributed by atoms with Crippen LogP contribution >= 0.6 is 0 Å². The van der Waals surface area contributed by atoms with Crippen LogP contribution in [0.3, 0.4) is 0 Å². The van der Waals surface area contributed by atoms with Gasteiger partial charge in [-0.1, -0.05) is 25.3 Å². The summed E-state index contributed by atoms with van der Waals surface area (Å²) in [5, 5.41) is 16.3. The number of nitrogens with zero attached hydrogens (tertiary/aromatic N) is 1. The molecule has 0 spiro atoms. The standard InChI is InChI=1S/C19H27N3O3/c1-13(23)22-17-8-7-14(11-20-17)12-21-18(24)15-9-19(25,10-15)16-5-3-2-4-6-16/h7-8,11,15-16,25H,2-6,9-10,12H2,1H3,(H,21,24)(H,20,22,23). The second kappa shape index (κ2) is 7.52. The normalized spacial score (nSPS) is 26.6. The highest BCUT2D eigenvalue weighted by molar-refractivity contribution is 5.87. The zero-order chi connectivity index (χ0) is 17.9. The van der Waals surface area contributed by atoms with Crippen molar-refractivity contribution < 1.29 is 14.7 Å². The Labute approximate surface area is 148 Å². The summed E-state index contributed by atoms with van der Waals surface area (Å²) in [6.45, 7) is 1.84. The number of pyridine rings is 1. The lowest BCUT2D eigenvalue weighted by molar-refractivity contribution is -0.154. The quantitative estimate of drug-likeness (QED) is 0.764. The first-order valence-corrected chi connectivity index (χ1v) is 9.19. The number of amides is 2. The molecule has 1 aromatic heterocycles. The van der Waals surface area contributed by atoms with E-state index in [4.69, 9.17) is 0 Å². The number of nitrogens with one attached hydrogen (secondary N) is 2. The van der Waals surface area contributed by atoms with Gasteiger partial charge in [0.1, 0.15) is 5.82 Å². The van der Waals surface area contributed by atoms with E-state index in [2.05, 4.69) is 15.6 Å². The molecule has 3 N–H and O–H groups in total. The second-order valence-electron chi connectivity index (χ2n) is 7.49. The minimum Gasteiger partial charge on any atom is -0.390 e. The molecule has 1 aromatic rings. The number of carbonyl (C=O) groups is 2. The fraction of sp³-hybridized carbons (Fsp3) is 0.632. The summed E-state index contributed by atoms with van der Waals surface area (Å²) in [6.07, 6.45) is 8.67. The molecule has 0 bridgehead atoms. The lowest BCUT2D eigenvalue weighted by Crippen LogP contribution is -2.54. The molecule has 6 nitrogen and oxygen atoms in total. The Morgan fingerprint density at radius 2 is 1.96 bits per heavy atom. The maximum absolute atomic E-state index is 12.3. The first kappa shape index (κ1) is 17.9. The molecule has 2 saturated carbocycles. The van der Waals surface area contributed by atoms with Crippen LogP contribution in [0.1, 0.15) is 57.4 Å². The van der Waals surface area contributed by atoms with Crippen molar-refractivity contribution in [2.45, 2.75) is 64.0 Å². The number of anilines is 1. The van der Waals surface area contributed by atoms with Crippen molar-refractivity contribution in [3.05, 3.63) is 23.9 Å². The van der Waals surface area contributed by atoms with E-state index in [0.717, 1.165) is 18.4 Å². The average molecular weight is 345 g/mol. The van der Waals surface area contributed by atoms with Gasteiger partial charge in [-0.25, -0.2) is 4.98 Å². The van der Waals surface area contributed by atoms with Gasteiger partial charge in [-0.15, -0.1) is 0 Å². The number of aliphatic hydroxyl groups is 1. The molecular weight excluding hydrogens is 318 g/mol. The van der Waals surface area contributed by atoms with Gasteiger partial charge < -0.3 is 15.7 Å². The second-order valence-corrected chi connectivity index (χ2v) is 7.49. The topological polar surface area (TPSA) is 91.3 Å². The van der Waals surface area contributed by atoms with E-state index in [1.54, 1.807) is 12.3 Å². The van der Waals surface area contributed by atoms with Gasteiger partial charge in [-0.3, -0.25) is 9.59 Å².